The van der Waals surface area contributed by atoms with E-state index in [4.69, 9.17) is 0 Å². The summed E-state index contributed by atoms with van der Waals surface area (Å²) >= 11 is 0. The van der Waals surface area contributed by atoms with E-state index < -0.39 is 37.9 Å². The molecule has 1 fully saturated rings. The number of hydrogen-bond acceptors (Lipinski definition) is 2. The molecule has 0 radical (unpaired) electrons. The van der Waals surface area contributed by atoms with Crippen molar-refractivity contribution >= 4 is 9.84 Å². The van der Waals surface area contributed by atoms with Crippen molar-refractivity contribution in [2.75, 3.05) is 0 Å². The minimum Gasteiger partial charge on any atom is -0.228 e. The Kier molecular flexibility index (Phi) is 3.58. The topological polar surface area (TPSA) is 34.1 Å². The number of hydrogen-bond donors (Lipinski definition) is 0. The Morgan fingerprint density at radius 1 is 1.14 bits per heavy atom. The summed E-state index contributed by atoms with van der Waals surface area (Å²) in [5, 5.41) is -0.968. The van der Waals surface area contributed by atoms with E-state index in [9.17, 15) is 26.0 Å². The van der Waals surface area contributed by atoms with E-state index in [1.807, 2.05) is 0 Å². The van der Waals surface area contributed by atoms with Crippen LogP contribution in [0.2, 0.25) is 0 Å². The molecule has 2 aliphatic heterocycles. The minimum atomic E-state index is -4.60. The van der Waals surface area contributed by atoms with Crippen LogP contribution in [0.3, 0.4) is 0 Å². The molecule has 2 bridgehead atoms. The molecular weight excluding hydrogens is 320 g/mol. The van der Waals surface area contributed by atoms with Gasteiger partial charge in [-0.25, -0.2) is 12.8 Å². The summed E-state index contributed by atoms with van der Waals surface area (Å²) in [4.78, 5) is 0. The number of benzene rings is 1. The van der Waals surface area contributed by atoms with Crippen LogP contribution in [0, 0.1) is 5.82 Å². The third-order valence-corrected chi connectivity index (χ3v) is 6.83. The van der Waals surface area contributed by atoms with E-state index in [-0.39, 0.29) is 12.0 Å². The largest absolute Gasteiger partial charge is 0.416 e. The van der Waals surface area contributed by atoms with Gasteiger partial charge in [0, 0.05) is 0 Å². The van der Waals surface area contributed by atoms with E-state index in [0.29, 0.717) is 25.3 Å². The second kappa shape index (κ2) is 5.08. The van der Waals surface area contributed by atoms with Crippen molar-refractivity contribution in [3.05, 3.63) is 46.8 Å². The summed E-state index contributed by atoms with van der Waals surface area (Å²) < 4.78 is 75.4. The molecule has 120 valence electrons. The summed E-state index contributed by atoms with van der Waals surface area (Å²) in [6.07, 6.45) is -1.32. The molecule has 2 atom stereocenters. The molecule has 1 saturated heterocycles. The van der Waals surface area contributed by atoms with Crippen LogP contribution < -0.4 is 0 Å². The standard InChI is InChI=1S/C15H14F4O2S/c16-12-5-9(4-11(8-12)15(17,18)19)3-10-6-13-1-2-14(7-10)22(13,20)21/h4-6,8,13-14H,1-3,7H2. The Morgan fingerprint density at radius 3 is 2.50 bits per heavy atom. The van der Waals surface area contributed by atoms with Crippen LogP contribution in [-0.4, -0.2) is 18.9 Å². The van der Waals surface area contributed by atoms with Crippen molar-refractivity contribution in [3.8, 4) is 0 Å². The third kappa shape index (κ3) is 2.78. The predicted molar refractivity (Wildman–Crippen MR) is 73.5 cm³/mol. The number of alkyl halides is 3. The highest BCUT2D eigenvalue weighted by Gasteiger charge is 2.43. The van der Waals surface area contributed by atoms with Gasteiger partial charge in [0.2, 0.25) is 0 Å². The Balaban J connectivity index is 1.87. The molecule has 2 heterocycles. The molecule has 2 aliphatic rings. The van der Waals surface area contributed by atoms with Crippen LogP contribution in [0.5, 0.6) is 0 Å². The molecule has 2 unspecified atom stereocenters. The molecule has 7 heteroatoms. The first-order valence-electron chi connectivity index (χ1n) is 6.95. The highest BCUT2D eigenvalue weighted by molar-refractivity contribution is 7.93. The number of halogens is 4. The van der Waals surface area contributed by atoms with Gasteiger partial charge in [-0.1, -0.05) is 11.6 Å². The Bertz CT molecular complexity index is 734. The number of rotatable bonds is 2. The van der Waals surface area contributed by atoms with Gasteiger partial charge in [-0.2, -0.15) is 13.2 Å². The van der Waals surface area contributed by atoms with Crippen LogP contribution in [-0.2, 0) is 22.4 Å². The van der Waals surface area contributed by atoms with Gasteiger partial charge in [-0.15, -0.1) is 0 Å². The summed E-state index contributed by atoms with van der Waals surface area (Å²) in [6.45, 7) is 0. The molecule has 0 aromatic heterocycles. The molecule has 0 aliphatic carbocycles. The van der Waals surface area contributed by atoms with Crippen LogP contribution in [0.15, 0.2) is 29.8 Å². The molecule has 22 heavy (non-hydrogen) atoms. The zero-order chi connectivity index (χ0) is 16.1. The third-order valence-electron chi connectivity index (χ3n) is 4.29. The summed E-state index contributed by atoms with van der Waals surface area (Å²) in [7, 11) is -3.12. The first kappa shape index (κ1) is 15.5. The molecule has 0 amide bonds. The van der Waals surface area contributed by atoms with E-state index in [2.05, 4.69) is 0 Å². The molecule has 0 N–H and O–H groups in total. The smallest absolute Gasteiger partial charge is 0.228 e. The molecule has 0 saturated carbocycles. The summed E-state index contributed by atoms with van der Waals surface area (Å²) in [5.74, 6) is -0.933. The minimum absolute atomic E-state index is 0.156. The number of sulfone groups is 1. The van der Waals surface area contributed by atoms with Crippen molar-refractivity contribution in [1.82, 2.24) is 0 Å². The maximum atomic E-state index is 13.4. The second-order valence-electron chi connectivity index (χ2n) is 5.88. The fourth-order valence-electron chi connectivity index (χ4n) is 3.26. The maximum absolute atomic E-state index is 13.4. The van der Waals surface area contributed by atoms with Gasteiger partial charge < -0.3 is 0 Å². The number of allylic oxidation sites excluding steroid dienone is 1. The SMILES string of the molecule is O=S1(=O)C2C=C(Cc3cc(F)cc(C(F)(F)F)c3)CC1CC2. The first-order valence-corrected chi connectivity index (χ1v) is 8.56. The summed E-state index contributed by atoms with van der Waals surface area (Å²) in [6, 6.07) is 2.46. The van der Waals surface area contributed by atoms with Gasteiger partial charge in [0.15, 0.2) is 9.84 Å². The fraction of sp³-hybridized carbons (Fsp3) is 0.467. The van der Waals surface area contributed by atoms with Crippen LogP contribution in [0.25, 0.3) is 0 Å². The van der Waals surface area contributed by atoms with E-state index in [1.165, 1.54) is 0 Å². The van der Waals surface area contributed by atoms with Crippen LogP contribution >= 0.6 is 0 Å². The van der Waals surface area contributed by atoms with Crippen molar-refractivity contribution in [3.63, 3.8) is 0 Å². The highest BCUT2D eigenvalue weighted by atomic mass is 32.2. The Morgan fingerprint density at radius 2 is 1.86 bits per heavy atom. The molecule has 3 rings (SSSR count). The van der Waals surface area contributed by atoms with Gasteiger partial charge in [-0.05, 0) is 49.4 Å². The number of fused-ring (bicyclic) bond motifs is 2. The van der Waals surface area contributed by atoms with Gasteiger partial charge in [0.05, 0.1) is 16.1 Å². The Labute approximate surface area is 125 Å². The summed E-state index contributed by atoms with van der Waals surface area (Å²) in [5.41, 5.74) is -0.0205. The van der Waals surface area contributed by atoms with Crippen molar-refractivity contribution in [2.24, 2.45) is 0 Å². The molecule has 0 spiro atoms. The highest BCUT2D eigenvalue weighted by Crippen LogP contribution is 2.38. The zero-order valence-corrected chi connectivity index (χ0v) is 12.3. The lowest BCUT2D eigenvalue weighted by Gasteiger charge is -2.20. The monoisotopic (exact) mass is 334 g/mol. The van der Waals surface area contributed by atoms with E-state index in [0.717, 1.165) is 17.7 Å². The average Bonchev–Trinajstić information content (AvgIpc) is 2.58. The lowest BCUT2D eigenvalue weighted by molar-refractivity contribution is -0.137. The zero-order valence-electron chi connectivity index (χ0n) is 11.5. The fourth-order valence-corrected chi connectivity index (χ4v) is 5.51. The lowest BCUT2D eigenvalue weighted by atomic mass is 9.99. The van der Waals surface area contributed by atoms with Gasteiger partial charge in [-0.3, -0.25) is 0 Å². The van der Waals surface area contributed by atoms with Crippen molar-refractivity contribution < 1.29 is 26.0 Å². The molecular formula is C15H14F4O2S. The lowest BCUT2D eigenvalue weighted by Crippen LogP contribution is -2.27. The first-order chi connectivity index (χ1) is 10.2. The van der Waals surface area contributed by atoms with Crippen molar-refractivity contribution in [1.29, 1.82) is 0 Å². The van der Waals surface area contributed by atoms with E-state index in [1.54, 1.807) is 6.08 Å². The van der Waals surface area contributed by atoms with Crippen molar-refractivity contribution in [2.45, 2.75) is 42.4 Å². The molecule has 1 aromatic rings. The second-order valence-corrected chi connectivity index (χ2v) is 8.33. The quantitative estimate of drug-likeness (QED) is 0.611. The van der Waals surface area contributed by atoms with Crippen LogP contribution in [0.4, 0.5) is 17.6 Å². The maximum Gasteiger partial charge on any atom is 0.416 e. The van der Waals surface area contributed by atoms with Gasteiger partial charge in [0.25, 0.3) is 0 Å². The average molecular weight is 334 g/mol. The molecule has 2 nitrogen and oxygen atoms in total. The van der Waals surface area contributed by atoms with Gasteiger partial charge >= 0.3 is 6.18 Å². The normalized spacial score (nSPS) is 26.8. The van der Waals surface area contributed by atoms with Crippen LogP contribution in [0.1, 0.15) is 30.4 Å². The van der Waals surface area contributed by atoms with Gasteiger partial charge in [0.1, 0.15) is 5.82 Å². The molecule has 1 aromatic carbocycles. The van der Waals surface area contributed by atoms with E-state index >= 15 is 0 Å². The predicted octanol–water partition coefficient (Wildman–Crippen LogP) is 3.66. The Hall–Kier alpha value is -1.37.